The average Bonchev–Trinajstić information content (AvgIpc) is 3.07. The van der Waals surface area contributed by atoms with Crippen molar-refractivity contribution in [3.05, 3.63) is 24.5 Å². The van der Waals surface area contributed by atoms with Crippen LogP contribution in [0.25, 0.3) is 0 Å². The number of rotatable bonds is 6. The van der Waals surface area contributed by atoms with Crippen LogP contribution in [0.1, 0.15) is 12.8 Å². The van der Waals surface area contributed by atoms with Crippen molar-refractivity contribution in [3.8, 4) is 11.9 Å². The summed E-state index contributed by atoms with van der Waals surface area (Å²) in [6.45, 7) is 3.52. The van der Waals surface area contributed by atoms with Gasteiger partial charge in [0.2, 0.25) is 11.8 Å². The third-order valence-corrected chi connectivity index (χ3v) is 4.35. The number of aromatic nitrogens is 4. The highest BCUT2D eigenvalue weighted by molar-refractivity contribution is 5.76. The van der Waals surface area contributed by atoms with Crippen LogP contribution in [-0.4, -0.2) is 71.0 Å². The highest BCUT2D eigenvalue weighted by Gasteiger charge is 2.21. The zero-order chi connectivity index (χ0) is 18.4. The summed E-state index contributed by atoms with van der Waals surface area (Å²) in [5.74, 6) is 1.36. The van der Waals surface area contributed by atoms with E-state index in [0.29, 0.717) is 31.9 Å². The first kappa shape index (κ1) is 18.0. The molecule has 0 radical (unpaired) electrons. The molecule has 0 N–H and O–H groups in total. The minimum Gasteiger partial charge on any atom is -0.481 e. The molecule has 2 aromatic heterocycles. The molecule has 1 aliphatic rings. The van der Waals surface area contributed by atoms with Crippen LogP contribution in [0.3, 0.4) is 0 Å². The molecular weight excluding hydrogens is 336 g/mol. The number of methoxy groups -OCH3 is 2. The van der Waals surface area contributed by atoms with Crippen molar-refractivity contribution in [2.24, 2.45) is 0 Å². The van der Waals surface area contributed by atoms with E-state index in [1.165, 1.54) is 7.11 Å². The minimum atomic E-state index is 0.153. The number of carbonyl (C=O) groups excluding carboxylic acids is 1. The summed E-state index contributed by atoms with van der Waals surface area (Å²) in [6, 6.07) is 3.92. The van der Waals surface area contributed by atoms with Crippen LogP contribution < -0.4 is 14.4 Å². The van der Waals surface area contributed by atoms with Crippen molar-refractivity contribution in [2.45, 2.75) is 19.4 Å². The van der Waals surface area contributed by atoms with Gasteiger partial charge in [-0.2, -0.15) is 15.1 Å². The Kier molecular flexibility index (Phi) is 5.88. The molecule has 0 aromatic carbocycles. The normalized spacial score (nSPS) is 14.8. The number of amides is 1. The maximum absolute atomic E-state index is 12.5. The molecule has 0 aliphatic carbocycles. The molecule has 1 aliphatic heterocycles. The molecule has 0 saturated carbocycles. The number of aryl methyl sites for hydroxylation is 1. The average molecular weight is 360 g/mol. The second-order valence-electron chi connectivity index (χ2n) is 6.00. The number of carbonyl (C=O) groups is 1. The van der Waals surface area contributed by atoms with Gasteiger partial charge in [-0.3, -0.25) is 9.48 Å². The SMILES string of the molecule is COc1cc(N2CCCN(C(=O)CCn3cccn3)CC2)nc(OC)n1. The number of anilines is 1. The summed E-state index contributed by atoms with van der Waals surface area (Å²) in [5.41, 5.74) is 0. The van der Waals surface area contributed by atoms with Crippen LogP contribution in [0.5, 0.6) is 11.9 Å². The second kappa shape index (κ2) is 8.50. The Morgan fingerprint density at radius 2 is 2.04 bits per heavy atom. The van der Waals surface area contributed by atoms with E-state index in [0.717, 1.165) is 25.3 Å². The lowest BCUT2D eigenvalue weighted by molar-refractivity contribution is -0.131. The molecule has 2 aromatic rings. The van der Waals surface area contributed by atoms with Crippen molar-refractivity contribution in [3.63, 3.8) is 0 Å². The van der Waals surface area contributed by atoms with Crippen LogP contribution >= 0.6 is 0 Å². The lowest BCUT2D eigenvalue weighted by Gasteiger charge is -2.23. The van der Waals surface area contributed by atoms with Gasteiger partial charge in [-0.1, -0.05) is 0 Å². The van der Waals surface area contributed by atoms with Gasteiger partial charge in [0, 0.05) is 57.6 Å². The smallest absolute Gasteiger partial charge is 0.321 e. The van der Waals surface area contributed by atoms with Crippen LogP contribution in [0.2, 0.25) is 0 Å². The van der Waals surface area contributed by atoms with Gasteiger partial charge in [0.1, 0.15) is 5.82 Å². The molecule has 1 saturated heterocycles. The molecule has 9 heteroatoms. The number of nitrogens with zero attached hydrogens (tertiary/aromatic N) is 6. The van der Waals surface area contributed by atoms with Crippen LogP contribution in [0.4, 0.5) is 5.82 Å². The van der Waals surface area contributed by atoms with Crippen LogP contribution in [0, 0.1) is 0 Å². The summed E-state index contributed by atoms with van der Waals surface area (Å²) in [4.78, 5) is 25.1. The summed E-state index contributed by atoms with van der Waals surface area (Å²) < 4.78 is 12.1. The fourth-order valence-corrected chi connectivity index (χ4v) is 2.95. The number of hydrogen-bond donors (Lipinski definition) is 0. The summed E-state index contributed by atoms with van der Waals surface area (Å²) in [7, 11) is 3.09. The Morgan fingerprint density at radius 3 is 2.77 bits per heavy atom. The molecular formula is C17H24N6O3. The summed E-state index contributed by atoms with van der Waals surface area (Å²) >= 11 is 0. The van der Waals surface area contributed by atoms with Gasteiger partial charge >= 0.3 is 6.01 Å². The van der Waals surface area contributed by atoms with Crippen molar-refractivity contribution in [1.82, 2.24) is 24.6 Å². The van der Waals surface area contributed by atoms with Gasteiger partial charge in [0.15, 0.2) is 0 Å². The first-order chi connectivity index (χ1) is 12.7. The van der Waals surface area contributed by atoms with Gasteiger partial charge in [-0.05, 0) is 12.5 Å². The lowest BCUT2D eigenvalue weighted by Crippen LogP contribution is -2.35. The molecule has 0 unspecified atom stereocenters. The van der Waals surface area contributed by atoms with Gasteiger partial charge in [-0.15, -0.1) is 0 Å². The zero-order valence-electron chi connectivity index (χ0n) is 15.2. The predicted octanol–water partition coefficient (Wildman–Crippen LogP) is 0.819. The Morgan fingerprint density at radius 1 is 1.15 bits per heavy atom. The molecule has 26 heavy (non-hydrogen) atoms. The second-order valence-corrected chi connectivity index (χ2v) is 6.00. The summed E-state index contributed by atoms with van der Waals surface area (Å²) in [5, 5.41) is 4.14. The molecule has 1 amide bonds. The number of ether oxygens (including phenoxy) is 2. The van der Waals surface area contributed by atoms with Crippen LogP contribution in [-0.2, 0) is 11.3 Å². The fourth-order valence-electron chi connectivity index (χ4n) is 2.95. The van der Waals surface area contributed by atoms with Gasteiger partial charge < -0.3 is 19.3 Å². The van der Waals surface area contributed by atoms with Crippen molar-refractivity contribution >= 4 is 11.7 Å². The largest absolute Gasteiger partial charge is 0.481 e. The standard InChI is InChI=1S/C17H24N6O3/c1-25-15-13-14(19-17(20-15)26-2)21-7-4-8-22(12-11-21)16(24)5-10-23-9-3-6-18-23/h3,6,9,13H,4-5,7-8,10-12H2,1-2H3. The number of hydrogen-bond acceptors (Lipinski definition) is 7. The molecule has 3 heterocycles. The Labute approximate surface area is 152 Å². The molecule has 0 bridgehead atoms. The lowest BCUT2D eigenvalue weighted by atomic mass is 10.3. The molecule has 0 atom stereocenters. The monoisotopic (exact) mass is 360 g/mol. The maximum Gasteiger partial charge on any atom is 0.321 e. The fraction of sp³-hybridized carbons (Fsp3) is 0.529. The Hall–Kier alpha value is -2.84. The van der Waals surface area contributed by atoms with E-state index in [4.69, 9.17) is 9.47 Å². The first-order valence-corrected chi connectivity index (χ1v) is 8.67. The van der Waals surface area contributed by atoms with E-state index in [-0.39, 0.29) is 11.9 Å². The van der Waals surface area contributed by atoms with Crippen molar-refractivity contribution < 1.29 is 14.3 Å². The molecule has 140 valence electrons. The predicted molar refractivity (Wildman–Crippen MR) is 95.4 cm³/mol. The Bertz CT molecular complexity index is 699. The Balaban J connectivity index is 1.60. The molecule has 3 rings (SSSR count). The van der Waals surface area contributed by atoms with E-state index >= 15 is 0 Å². The third-order valence-electron chi connectivity index (χ3n) is 4.35. The van der Waals surface area contributed by atoms with Gasteiger partial charge in [0.05, 0.1) is 14.2 Å². The van der Waals surface area contributed by atoms with Crippen molar-refractivity contribution in [2.75, 3.05) is 45.3 Å². The van der Waals surface area contributed by atoms with E-state index in [1.807, 2.05) is 17.2 Å². The molecule has 1 fully saturated rings. The maximum atomic E-state index is 12.5. The van der Waals surface area contributed by atoms with Crippen LogP contribution in [0.15, 0.2) is 24.5 Å². The van der Waals surface area contributed by atoms with E-state index in [2.05, 4.69) is 20.0 Å². The van der Waals surface area contributed by atoms with E-state index in [1.54, 1.807) is 24.1 Å². The van der Waals surface area contributed by atoms with Gasteiger partial charge in [-0.25, -0.2) is 0 Å². The van der Waals surface area contributed by atoms with E-state index < -0.39 is 0 Å². The summed E-state index contributed by atoms with van der Waals surface area (Å²) in [6.07, 6.45) is 4.92. The molecule has 9 nitrogen and oxygen atoms in total. The highest BCUT2D eigenvalue weighted by atomic mass is 16.5. The first-order valence-electron chi connectivity index (χ1n) is 8.67. The topological polar surface area (TPSA) is 85.6 Å². The van der Waals surface area contributed by atoms with Crippen molar-refractivity contribution in [1.29, 1.82) is 0 Å². The third kappa shape index (κ3) is 4.41. The molecule has 0 spiro atoms. The van der Waals surface area contributed by atoms with Gasteiger partial charge in [0.25, 0.3) is 0 Å². The minimum absolute atomic E-state index is 0.153. The quantitative estimate of drug-likeness (QED) is 0.754. The zero-order valence-corrected chi connectivity index (χ0v) is 15.2. The van der Waals surface area contributed by atoms with E-state index in [9.17, 15) is 4.79 Å². The highest BCUT2D eigenvalue weighted by Crippen LogP contribution is 2.22.